The molecule has 0 N–H and O–H groups in total. The number of hydrogen-bond acceptors (Lipinski definition) is 4. The molecule has 0 aliphatic carbocycles. The molecule has 6 nitrogen and oxygen atoms in total. The van der Waals surface area contributed by atoms with Gasteiger partial charge in [-0.2, -0.15) is 0 Å². The van der Waals surface area contributed by atoms with Crippen LogP contribution in [0.1, 0.15) is 0 Å². The van der Waals surface area contributed by atoms with E-state index in [-0.39, 0.29) is 0 Å². The minimum absolute atomic E-state index is 0.854. The van der Waals surface area contributed by atoms with E-state index in [1.165, 1.54) is 10.8 Å². The fraction of sp³-hybridized carbons (Fsp3) is 0. The van der Waals surface area contributed by atoms with Crippen molar-refractivity contribution in [3.05, 3.63) is 146 Å². The van der Waals surface area contributed by atoms with E-state index in [9.17, 15) is 0 Å². The normalized spacial score (nSPS) is 11.6. The van der Waals surface area contributed by atoms with Crippen LogP contribution in [0.25, 0.3) is 77.8 Å². The van der Waals surface area contributed by atoms with E-state index in [0.717, 1.165) is 67.0 Å². The zero-order chi connectivity index (χ0) is 29.0. The quantitative estimate of drug-likeness (QED) is 0.214. The molecule has 0 spiro atoms. The van der Waals surface area contributed by atoms with Gasteiger partial charge in [-0.15, -0.1) is 0 Å². The summed E-state index contributed by atoms with van der Waals surface area (Å²) in [6.07, 6.45) is 7.51. The summed E-state index contributed by atoms with van der Waals surface area (Å²) in [6.45, 7) is 0. The first-order valence-electron chi connectivity index (χ1n) is 14.6. The van der Waals surface area contributed by atoms with Crippen LogP contribution in [0.4, 0.5) is 0 Å². The van der Waals surface area contributed by atoms with Gasteiger partial charge < -0.3 is 0 Å². The van der Waals surface area contributed by atoms with E-state index in [0.29, 0.717) is 0 Å². The molecule has 44 heavy (non-hydrogen) atoms. The fourth-order valence-corrected chi connectivity index (χ4v) is 6.39. The molecular weight excluding hydrogens is 540 g/mol. The Kier molecular flexibility index (Phi) is 5.40. The summed E-state index contributed by atoms with van der Waals surface area (Å²) >= 11 is 0. The first kappa shape index (κ1) is 24.5. The Labute approximate surface area is 252 Å². The number of rotatable bonds is 4. The zero-order valence-corrected chi connectivity index (χ0v) is 23.5. The summed E-state index contributed by atoms with van der Waals surface area (Å²) in [5.41, 5.74) is 8.12. The fourth-order valence-electron chi connectivity index (χ4n) is 6.39. The third kappa shape index (κ3) is 3.75. The Morgan fingerprint density at radius 2 is 0.841 bits per heavy atom. The lowest BCUT2D eigenvalue weighted by molar-refractivity contribution is 1.08. The minimum atomic E-state index is 0.854. The highest BCUT2D eigenvalue weighted by Crippen LogP contribution is 2.33. The number of aromatic nitrogens is 6. The van der Waals surface area contributed by atoms with Crippen LogP contribution in [-0.4, -0.2) is 29.1 Å². The molecule has 0 unspecified atom stereocenters. The van der Waals surface area contributed by atoms with Gasteiger partial charge in [0.05, 0.1) is 45.8 Å². The lowest BCUT2D eigenvalue weighted by Gasteiger charge is -2.11. The van der Waals surface area contributed by atoms with Crippen LogP contribution in [0.2, 0.25) is 0 Å². The van der Waals surface area contributed by atoms with Crippen LogP contribution in [0.3, 0.4) is 0 Å². The van der Waals surface area contributed by atoms with Crippen molar-refractivity contribution >= 4 is 43.6 Å². The van der Waals surface area contributed by atoms with E-state index in [1.54, 1.807) is 0 Å². The van der Waals surface area contributed by atoms with Crippen molar-refractivity contribution in [1.29, 1.82) is 0 Å². The van der Waals surface area contributed by atoms with Crippen molar-refractivity contribution in [2.75, 3.05) is 0 Å². The van der Waals surface area contributed by atoms with Crippen molar-refractivity contribution in [2.24, 2.45) is 0 Å². The van der Waals surface area contributed by atoms with E-state index in [2.05, 4.69) is 140 Å². The maximum Gasteiger partial charge on any atom is 0.138 e. The van der Waals surface area contributed by atoms with Gasteiger partial charge in [-0.3, -0.25) is 19.1 Å². The monoisotopic (exact) mass is 564 g/mol. The average molecular weight is 565 g/mol. The molecule has 9 aromatic rings. The van der Waals surface area contributed by atoms with Crippen molar-refractivity contribution in [1.82, 2.24) is 29.1 Å². The largest absolute Gasteiger partial charge is 0.292 e. The topological polar surface area (TPSA) is 61.4 Å². The van der Waals surface area contributed by atoms with E-state index < -0.39 is 0 Å². The standard InChI is InChI=1S/C38H24N6/c1-3-14-33-27(10-1)29-18-20-39-23-35(29)43(33)37-16-6-12-31(41-37)25-8-5-9-26(22-25)32-13-7-17-38(42-32)44-34-15-4-2-11-28(34)30-19-21-40-24-36(30)44/h1-24H. The lowest BCUT2D eigenvalue weighted by Crippen LogP contribution is -1.99. The number of para-hydroxylation sites is 2. The molecule has 9 rings (SSSR count). The predicted octanol–water partition coefficient (Wildman–Crippen LogP) is 8.79. The number of nitrogens with zero attached hydrogens (tertiary/aromatic N) is 6. The molecule has 0 saturated carbocycles. The SMILES string of the molecule is c1cc(-c2cccc(-n3c4ccccc4c4ccncc43)n2)cc(-c2cccc(-n3c4ccccc4c4ccncc43)n2)c1. The second-order valence-corrected chi connectivity index (χ2v) is 10.8. The van der Waals surface area contributed by atoms with Crippen LogP contribution in [0.5, 0.6) is 0 Å². The molecule has 0 aliphatic heterocycles. The minimum Gasteiger partial charge on any atom is -0.292 e. The molecule has 0 aliphatic rings. The van der Waals surface area contributed by atoms with Gasteiger partial charge in [-0.05, 0) is 54.6 Å². The maximum absolute atomic E-state index is 5.15. The number of benzene rings is 3. The van der Waals surface area contributed by atoms with Gasteiger partial charge >= 0.3 is 0 Å². The van der Waals surface area contributed by atoms with Crippen molar-refractivity contribution < 1.29 is 0 Å². The first-order chi connectivity index (χ1) is 21.8. The highest BCUT2D eigenvalue weighted by molar-refractivity contribution is 6.09. The molecule has 3 aromatic carbocycles. The number of fused-ring (bicyclic) bond motifs is 6. The van der Waals surface area contributed by atoms with Gasteiger partial charge in [0.2, 0.25) is 0 Å². The van der Waals surface area contributed by atoms with Crippen LogP contribution in [-0.2, 0) is 0 Å². The Balaban J connectivity index is 1.15. The Morgan fingerprint density at radius 1 is 0.386 bits per heavy atom. The Hall–Kier alpha value is -6.14. The Morgan fingerprint density at radius 3 is 1.36 bits per heavy atom. The van der Waals surface area contributed by atoms with Crippen LogP contribution in [0, 0.1) is 0 Å². The van der Waals surface area contributed by atoms with Crippen LogP contribution in [0.15, 0.2) is 146 Å². The third-order valence-electron chi connectivity index (χ3n) is 8.33. The maximum atomic E-state index is 5.15. The second kappa shape index (κ2) is 9.71. The molecule has 0 radical (unpaired) electrons. The zero-order valence-electron chi connectivity index (χ0n) is 23.5. The highest BCUT2D eigenvalue weighted by atomic mass is 15.1. The molecule has 206 valence electrons. The molecule has 0 atom stereocenters. The summed E-state index contributed by atoms with van der Waals surface area (Å²) < 4.78 is 4.38. The van der Waals surface area contributed by atoms with Crippen LogP contribution < -0.4 is 0 Å². The Bertz CT molecular complexity index is 2240. The van der Waals surface area contributed by atoms with Crippen molar-refractivity contribution in [3.63, 3.8) is 0 Å². The van der Waals surface area contributed by atoms with Crippen molar-refractivity contribution in [3.8, 4) is 34.2 Å². The van der Waals surface area contributed by atoms with E-state index in [1.807, 2.05) is 24.8 Å². The summed E-state index contributed by atoms with van der Waals surface area (Å²) in [5.74, 6) is 1.71. The smallest absolute Gasteiger partial charge is 0.138 e. The van der Waals surface area contributed by atoms with Gasteiger partial charge in [0, 0.05) is 45.1 Å². The van der Waals surface area contributed by atoms with Gasteiger partial charge in [0.15, 0.2) is 0 Å². The first-order valence-corrected chi connectivity index (χ1v) is 14.6. The van der Waals surface area contributed by atoms with Gasteiger partial charge in [-0.25, -0.2) is 9.97 Å². The molecule has 6 heterocycles. The summed E-state index contributed by atoms with van der Waals surface area (Å²) in [7, 11) is 0. The summed E-state index contributed by atoms with van der Waals surface area (Å²) in [4.78, 5) is 19.1. The summed E-state index contributed by atoms with van der Waals surface area (Å²) in [5, 5.41) is 4.69. The molecule has 6 aromatic heterocycles. The number of hydrogen-bond donors (Lipinski definition) is 0. The molecule has 0 saturated heterocycles. The number of pyridine rings is 4. The molecule has 0 amide bonds. The molecule has 0 fully saturated rings. The highest BCUT2D eigenvalue weighted by Gasteiger charge is 2.15. The molecule has 6 heteroatoms. The second-order valence-electron chi connectivity index (χ2n) is 10.8. The molecular formula is C38H24N6. The molecule has 0 bridgehead atoms. The van der Waals surface area contributed by atoms with Gasteiger partial charge in [0.1, 0.15) is 11.6 Å². The van der Waals surface area contributed by atoms with E-state index in [4.69, 9.17) is 9.97 Å². The van der Waals surface area contributed by atoms with E-state index >= 15 is 0 Å². The van der Waals surface area contributed by atoms with Crippen molar-refractivity contribution in [2.45, 2.75) is 0 Å². The lowest BCUT2D eigenvalue weighted by atomic mass is 10.0. The van der Waals surface area contributed by atoms with Gasteiger partial charge in [0.25, 0.3) is 0 Å². The average Bonchev–Trinajstić information content (AvgIpc) is 3.62. The van der Waals surface area contributed by atoms with Gasteiger partial charge in [-0.1, -0.05) is 66.7 Å². The third-order valence-corrected chi connectivity index (χ3v) is 8.33. The summed E-state index contributed by atoms with van der Waals surface area (Å²) in [6, 6.07) is 41.8. The van der Waals surface area contributed by atoms with Crippen LogP contribution >= 0.6 is 0 Å². The predicted molar refractivity (Wildman–Crippen MR) is 177 cm³/mol.